The third kappa shape index (κ3) is 4.61. The van der Waals surface area contributed by atoms with E-state index in [2.05, 4.69) is 36.4 Å². The summed E-state index contributed by atoms with van der Waals surface area (Å²) in [5, 5.41) is 8.21. The fourth-order valence-corrected chi connectivity index (χ4v) is 6.89. The summed E-state index contributed by atoms with van der Waals surface area (Å²) in [6.45, 7) is 6.55. The van der Waals surface area contributed by atoms with Crippen LogP contribution in [0.5, 0.6) is 0 Å². The number of carbonyl (C=O) groups excluding carboxylic acids is 1. The second-order valence-electron chi connectivity index (χ2n) is 8.99. The van der Waals surface area contributed by atoms with Crippen molar-refractivity contribution in [3.8, 4) is 5.13 Å². The Labute approximate surface area is 208 Å². The van der Waals surface area contributed by atoms with Crippen LogP contribution in [0.15, 0.2) is 53.4 Å². The molecule has 1 unspecified atom stereocenters. The van der Waals surface area contributed by atoms with Gasteiger partial charge in [-0.2, -0.15) is 14.1 Å². The third-order valence-electron chi connectivity index (χ3n) is 6.39. The van der Waals surface area contributed by atoms with E-state index in [0.29, 0.717) is 30.3 Å². The molecule has 35 heavy (non-hydrogen) atoms. The molecule has 1 N–H and O–H groups in total. The molecule has 1 fully saturated rings. The first-order valence-corrected chi connectivity index (χ1v) is 13.8. The molecule has 0 spiro atoms. The number of nitrogens with one attached hydrogen (secondary N) is 1. The van der Waals surface area contributed by atoms with Gasteiger partial charge in [-0.3, -0.25) is 4.79 Å². The van der Waals surface area contributed by atoms with Crippen LogP contribution >= 0.6 is 11.3 Å². The van der Waals surface area contributed by atoms with Crippen LogP contribution in [0.1, 0.15) is 29.7 Å². The van der Waals surface area contributed by atoms with Crippen LogP contribution in [0.2, 0.25) is 0 Å². The minimum absolute atomic E-state index is 0.149. The molecule has 8 nitrogen and oxygen atoms in total. The molecule has 2 aromatic heterocycles. The molecule has 182 valence electrons. The maximum atomic E-state index is 13.2. The van der Waals surface area contributed by atoms with Crippen molar-refractivity contribution in [2.75, 3.05) is 18.4 Å². The highest BCUT2D eigenvalue weighted by atomic mass is 32.2. The maximum Gasteiger partial charge on any atom is 0.243 e. The molecule has 0 bridgehead atoms. The number of hydrogen-bond acceptors (Lipinski definition) is 6. The normalized spacial score (nSPS) is 17.1. The first-order chi connectivity index (χ1) is 16.7. The van der Waals surface area contributed by atoms with Crippen LogP contribution in [-0.4, -0.2) is 46.5 Å². The van der Waals surface area contributed by atoms with Gasteiger partial charge in [-0.05, 0) is 69.0 Å². The van der Waals surface area contributed by atoms with Crippen molar-refractivity contribution in [1.29, 1.82) is 0 Å². The summed E-state index contributed by atoms with van der Waals surface area (Å²) >= 11 is 1.52. The van der Waals surface area contributed by atoms with E-state index >= 15 is 0 Å². The van der Waals surface area contributed by atoms with E-state index in [1.165, 1.54) is 26.8 Å². The number of thiazole rings is 1. The molecule has 1 amide bonds. The number of sulfonamides is 1. The van der Waals surface area contributed by atoms with E-state index in [1.807, 2.05) is 13.0 Å². The number of nitrogens with zero attached hydrogens (tertiary/aromatic N) is 4. The molecule has 0 radical (unpaired) electrons. The molecule has 3 heterocycles. The second-order valence-corrected chi connectivity index (χ2v) is 11.9. The predicted molar refractivity (Wildman–Crippen MR) is 138 cm³/mol. The molecule has 5 rings (SSSR count). The first-order valence-electron chi connectivity index (χ1n) is 11.5. The Morgan fingerprint density at radius 1 is 1.09 bits per heavy atom. The molecule has 4 aromatic rings. The van der Waals surface area contributed by atoms with Crippen LogP contribution in [-0.2, 0) is 14.8 Å². The molecular formula is C25H27N5O3S2. The van der Waals surface area contributed by atoms with Crippen molar-refractivity contribution in [1.82, 2.24) is 19.1 Å². The average molecular weight is 510 g/mol. The van der Waals surface area contributed by atoms with Crippen LogP contribution in [0, 0.1) is 26.7 Å². The number of carbonyl (C=O) groups is 1. The van der Waals surface area contributed by atoms with E-state index in [0.717, 1.165) is 15.9 Å². The monoisotopic (exact) mass is 509 g/mol. The quantitative estimate of drug-likeness (QED) is 0.429. The maximum absolute atomic E-state index is 13.2. The van der Waals surface area contributed by atoms with Gasteiger partial charge in [0.2, 0.25) is 21.1 Å². The van der Waals surface area contributed by atoms with Gasteiger partial charge in [-0.15, -0.1) is 0 Å². The summed E-state index contributed by atoms with van der Waals surface area (Å²) in [6, 6.07) is 14.3. The fraction of sp³-hybridized carbons (Fsp3) is 0.320. The van der Waals surface area contributed by atoms with E-state index in [4.69, 9.17) is 4.98 Å². The van der Waals surface area contributed by atoms with Crippen molar-refractivity contribution < 1.29 is 13.2 Å². The Balaban J connectivity index is 1.37. The molecule has 1 atom stereocenters. The van der Waals surface area contributed by atoms with Gasteiger partial charge in [0.1, 0.15) is 5.82 Å². The molecule has 10 heteroatoms. The van der Waals surface area contributed by atoms with E-state index in [9.17, 15) is 13.2 Å². The van der Waals surface area contributed by atoms with Gasteiger partial charge in [0.15, 0.2) is 0 Å². The van der Waals surface area contributed by atoms with Crippen molar-refractivity contribution in [2.24, 2.45) is 5.92 Å². The Bertz CT molecular complexity index is 1470. The molecule has 0 saturated carbocycles. The van der Waals surface area contributed by atoms with E-state index in [1.54, 1.807) is 35.0 Å². The van der Waals surface area contributed by atoms with Crippen molar-refractivity contribution in [2.45, 2.75) is 38.5 Å². The standard InChI is InChI=1S/C25H27N5O3S2/c1-16-12-21-22(13-17(16)2)34-25(26-21)30-23(14-18(3)28-30)27-24(31)19-8-7-11-29(15-19)35(32,33)20-9-5-4-6-10-20/h4-6,9-10,12-14,19H,7-8,11,15H2,1-3H3,(H,27,31). The highest BCUT2D eigenvalue weighted by Crippen LogP contribution is 2.30. The first kappa shape index (κ1) is 23.7. The van der Waals surface area contributed by atoms with Gasteiger partial charge in [0.25, 0.3) is 0 Å². The summed E-state index contributed by atoms with van der Waals surface area (Å²) in [7, 11) is -3.64. The van der Waals surface area contributed by atoms with Crippen molar-refractivity contribution >= 4 is 43.3 Å². The van der Waals surface area contributed by atoms with Gasteiger partial charge in [-0.25, -0.2) is 13.4 Å². The molecule has 1 aliphatic heterocycles. The Kier molecular flexibility index (Phi) is 6.20. The third-order valence-corrected chi connectivity index (χ3v) is 9.27. The molecule has 1 aliphatic rings. The second kappa shape index (κ2) is 9.18. The smallest absolute Gasteiger partial charge is 0.243 e. The van der Waals surface area contributed by atoms with Gasteiger partial charge in [0.05, 0.1) is 26.7 Å². The number of piperidine rings is 1. The molecule has 2 aromatic carbocycles. The molecule has 0 aliphatic carbocycles. The van der Waals surface area contributed by atoms with E-state index < -0.39 is 15.9 Å². The number of hydrogen-bond donors (Lipinski definition) is 1. The zero-order valence-corrected chi connectivity index (χ0v) is 21.5. The SMILES string of the molecule is Cc1cc(NC(=O)C2CCCN(S(=O)(=O)c3ccccc3)C2)n(-c2nc3cc(C)c(C)cc3s2)n1. The minimum Gasteiger partial charge on any atom is -0.310 e. The van der Waals surface area contributed by atoms with E-state index in [-0.39, 0.29) is 17.3 Å². The zero-order valence-electron chi connectivity index (χ0n) is 19.9. The number of amides is 1. The summed E-state index contributed by atoms with van der Waals surface area (Å²) < 4.78 is 30.3. The fourth-order valence-electron chi connectivity index (χ4n) is 4.34. The van der Waals surface area contributed by atoms with Gasteiger partial charge < -0.3 is 5.32 Å². The predicted octanol–water partition coefficient (Wildman–Crippen LogP) is 4.45. The van der Waals surface area contributed by atoms with Crippen LogP contribution in [0.3, 0.4) is 0 Å². The van der Waals surface area contributed by atoms with Gasteiger partial charge in [-0.1, -0.05) is 29.5 Å². The van der Waals surface area contributed by atoms with Crippen LogP contribution in [0.25, 0.3) is 15.3 Å². The number of benzene rings is 2. The van der Waals surface area contributed by atoms with Gasteiger partial charge >= 0.3 is 0 Å². The highest BCUT2D eigenvalue weighted by molar-refractivity contribution is 7.89. The van der Waals surface area contributed by atoms with Gasteiger partial charge in [0, 0.05) is 19.2 Å². The average Bonchev–Trinajstić information content (AvgIpc) is 3.42. The van der Waals surface area contributed by atoms with Crippen LogP contribution in [0.4, 0.5) is 5.82 Å². The number of fused-ring (bicyclic) bond motifs is 1. The van der Waals surface area contributed by atoms with Crippen molar-refractivity contribution in [3.05, 3.63) is 65.4 Å². The minimum atomic E-state index is -3.64. The number of anilines is 1. The Hall–Kier alpha value is -3.08. The number of rotatable bonds is 5. The molecular weight excluding hydrogens is 482 g/mol. The Morgan fingerprint density at radius 2 is 1.83 bits per heavy atom. The lowest BCUT2D eigenvalue weighted by molar-refractivity contribution is -0.120. The summed E-state index contributed by atoms with van der Waals surface area (Å²) in [5.41, 5.74) is 4.02. The molecule has 1 saturated heterocycles. The summed E-state index contributed by atoms with van der Waals surface area (Å²) in [4.78, 5) is 18.2. The lowest BCUT2D eigenvalue weighted by atomic mass is 9.99. The largest absolute Gasteiger partial charge is 0.310 e. The Morgan fingerprint density at radius 3 is 2.60 bits per heavy atom. The highest BCUT2D eigenvalue weighted by Gasteiger charge is 2.33. The lowest BCUT2D eigenvalue weighted by Gasteiger charge is -2.31. The number of aromatic nitrogens is 3. The lowest BCUT2D eigenvalue weighted by Crippen LogP contribution is -2.43. The number of aryl methyl sites for hydroxylation is 3. The summed E-state index contributed by atoms with van der Waals surface area (Å²) in [6.07, 6.45) is 1.25. The zero-order chi connectivity index (χ0) is 24.7. The summed E-state index contributed by atoms with van der Waals surface area (Å²) in [5.74, 6) is -0.137. The van der Waals surface area contributed by atoms with Crippen LogP contribution < -0.4 is 5.32 Å². The van der Waals surface area contributed by atoms with Crippen molar-refractivity contribution in [3.63, 3.8) is 0 Å². The topological polar surface area (TPSA) is 97.2 Å².